The molecule has 1 aromatic rings. The number of nitro benzene ring substituents is 1. The summed E-state index contributed by atoms with van der Waals surface area (Å²) in [6.45, 7) is 3.75. The number of para-hydroxylation sites is 1. The van der Waals surface area contributed by atoms with E-state index in [9.17, 15) is 14.9 Å². The van der Waals surface area contributed by atoms with Gasteiger partial charge in [-0.15, -0.1) is 0 Å². The van der Waals surface area contributed by atoms with Gasteiger partial charge in [0.2, 0.25) is 5.75 Å². The van der Waals surface area contributed by atoms with Crippen molar-refractivity contribution in [3.05, 3.63) is 33.3 Å². The van der Waals surface area contributed by atoms with Crippen molar-refractivity contribution in [2.24, 2.45) is 0 Å². The van der Waals surface area contributed by atoms with E-state index in [1.54, 1.807) is 6.92 Å². The first-order valence-electron chi connectivity index (χ1n) is 6.25. The molecule has 0 fully saturated rings. The van der Waals surface area contributed by atoms with Crippen LogP contribution in [-0.4, -0.2) is 36.7 Å². The Morgan fingerprint density at radius 3 is 2.71 bits per heavy atom. The van der Waals surface area contributed by atoms with Crippen molar-refractivity contribution in [3.63, 3.8) is 0 Å². The summed E-state index contributed by atoms with van der Waals surface area (Å²) in [6, 6.07) is 4.22. The first-order valence-corrected chi connectivity index (χ1v) is 6.62. The van der Waals surface area contributed by atoms with E-state index in [4.69, 9.17) is 21.1 Å². The third kappa shape index (κ3) is 4.05. The van der Waals surface area contributed by atoms with Gasteiger partial charge in [0.25, 0.3) is 0 Å². The Kier molecular flexibility index (Phi) is 5.92. The van der Waals surface area contributed by atoms with Crippen LogP contribution in [0.3, 0.4) is 0 Å². The first-order chi connectivity index (χ1) is 9.85. The average molecular weight is 317 g/mol. The van der Waals surface area contributed by atoms with Gasteiger partial charge < -0.3 is 9.47 Å². The van der Waals surface area contributed by atoms with E-state index in [0.717, 1.165) is 0 Å². The molecule has 116 valence electrons. The standard InChI is InChI=1S/C13H17ClN2O5/c1-4-15-13(2,12(17)20-3)8-21-11-9(14)6-5-7-10(11)16(18)19/h5-7,15H,4,8H2,1-3H3. The van der Waals surface area contributed by atoms with E-state index in [2.05, 4.69) is 5.32 Å². The van der Waals surface area contributed by atoms with Crippen LogP contribution in [0.4, 0.5) is 5.69 Å². The smallest absolute Gasteiger partial charge is 0.329 e. The van der Waals surface area contributed by atoms with Crippen LogP contribution in [0, 0.1) is 10.1 Å². The topological polar surface area (TPSA) is 90.7 Å². The molecular weight excluding hydrogens is 300 g/mol. The molecule has 0 saturated heterocycles. The highest BCUT2D eigenvalue weighted by atomic mass is 35.5. The summed E-state index contributed by atoms with van der Waals surface area (Å²) < 4.78 is 10.1. The van der Waals surface area contributed by atoms with Crippen LogP contribution in [0.25, 0.3) is 0 Å². The SMILES string of the molecule is CCNC(C)(COc1c(Cl)cccc1[N+](=O)[O-])C(=O)OC. The summed E-state index contributed by atoms with van der Waals surface area (Å²) in [4.78, 5) is 22.2. The van der Waals surface area contributed by atoms with Crippen molar-refractivity contribution < 1.29 is 19.2 Å². The number of methoxy groups -OCH3 is 1. The minimum absolute atomic E-state index is 0.0720. The summed E-state index contributed by atoms with van der Waals surface area (Å²) in [5.41, 5.74) is -1.39. The Labute approximate surface area is 127 Å². The molecule has 21 heavy (non-hydrogen) atoms. The second kappa shape index (κ2) is 7.24. The van der Waals surface area contributed by atoms with Gasteiger partial charge in [0.15, 0.2) is 0 Å². The van der Waals surface area contributed by atoms with Crippen LogP contribution in [0.2, 0.25) is 5.02 Å². The van der Waals surface area contributed by atoms with Crippen molar-refractivity contribution in [2.45, 2.75) is 19.4 Å². The normalized spacial score (nSPS) is 13.3. The molecule has 0 radical (unpaired) electrons. The lowest BCUT2D eigenvalue weighted by Crippen LogP contribution is -2.54. The quantitative estimate of drug-likeness (QED) is 0.471. The van der Waals surface area contributed by atoms with Gasteiger partial charge >= 0.3 is 11.7 Å². The molecule has 1 atom stereocenters. The van der Waals surface area contributed by atoms with Gasteiger partial charge in [0, 0.05) is 6.07 Å². The van der Waals surface area contributed by atoms with Crippen molar-refractivity contribution >= 4 is 23.3 Å². The third-order valence-electron chi connectivity index (χ3n) is 2.85. The highest BCUT2D eigenvalue weighted by molar-refractivity contribution is 6.32. The zero-order valence-electron chi connectivity index (χ0n) is 12.0. The number of hydrogen-bond acceptors (Lipinski definition) is 6. The number of rotatable bonds is 7. The molecule has 0 amide bonds. The van der Waals surface area contributed by atoms with E-state index in [1.165, 1.54) is 25.3 Å². The molecule has 0 aliphatic rings. The predicted molar refractivity (Wildman–Crippen MR) is 77.7 cm³/mol. The fourth-order valence-corrected chi connectivity index (χ4v) is 2.02. The Hall–Kier alpha value is -1.86. The van der Waals surface area contributed by atoms with E-state index in [0.29, 0.717) is 6.54 Å². The molecule has 1 N–H and O–H groups in total. The van der Waals surface area contributed by atoms with Crippen LogP contribution in [0.1, 0.15) is 13.8 Å². The van der Waals surface area contributed by atoms with Crippen LogP contribution in [0.15, 0.2) is 18.2 Å². The number of carbonyl (C=O) groups excluding carboxylic acids is 1. The summed E-state index contributed by atoms with van der Waals surface area (Å²) in [5, 5.41) is 14.0. The van der Waals surface area contributed by atoms with E-state index < -0.39 is 16.4 Å². The maximum Gasteiger partial charge on any atom is 0.329 e. The second-order valence-electron chi connectivity index (χ2n) is 4.49. The molecule has 0 saturated carbocycles. The monoisotopic (exact) mass is 316 g/mol. The van der Waals surface area contributed by atoms with E-state index in [-0.39, 0.29) is 23.1 Å². The van der Waals surface area contributed by atoms with Gasteiger partial charge in [0.05, 0.1) is 17.1 Å². The first kappa shape index (κ1) is 17.2. The Morgan fingerprint density at radius 2 is 2.19 bits per heavy atom. The fraction of sp³-hybridized carbons (Fsp3) is 0.462. The minimum atomic E-state index is -1.13. The number of nitro groups is 1. The Balaban J connectivity index is 3.01. The molecule has 0 aliphatic carbocycles. The second-order valence-corrected chi connectivity index (χ2v) is 4.90. The highest BCUT2D eigenvalue weighted by Gasteiger charge is 2.35. The molecular formula is C13H17ClN2O5. The number of esters is 1. The summed E-state index contributed by atoms with van der Waals surface area (Å²) in [6.07, 6.45) is 0. The van der Waals surface area contributed by atoms with Crippen molar-refractivity contribution in [1.29, 1.82) is 0 Å². The molecule has 0 aliphatic heterocycles. The van der Waals surface area contributed by atoms with Gasteiger partial charge in [0.1, 0.15) is 12.1 Å². The molecule has 0 bridgehead atoms. The van der Waals surface area contributed by atoms with Crippen molar-refractivity contribution in [3.8, 4) is 5.75 Å². The maximum atomic E-state index is 11.8. The number of nitrogens with one attached hydrogen (secondary N) is 1. The number of halogens is 1. The lowest BCUT2D eigenvalue weighted by atomic mass is 10.0. The molecule has 0 spiro atoms. The third-order valence-corrected chi connectivity index (χ3v) is 3.15. The molecule has 1 aromatic carbocycles. The number of nitrogens with zero attached hydrogens (tertiary/aromatic N) is 1. The predicted octanol–water partition coefficient (Wildman–Crippen LogP) is 2.17. The zero-order chi connectivity index (χ0) is 16.0. The van der Waals surface area contributed by atoms with Crippen molar-refractivity contribution in [1.82, 2.24) is 5.32 Å². The maximum absolute atomic E-state index is 11.8. The lowest BCUT2D eigenvalue weighted by molar-refractivity contribution is -0.385. The van der Waals surface area contributed by atoms with E-state index >= 15 is 0 Å². The largest absolute Gasteiger partial charge is 0.483 e. The highest BCUT2D eigenvalue weighted by Crippen LogP contribution is 2.34. The molecule has 0 heterocycles. The van der Waals surface area contributed by atoms with Gasteiger partial charge in [-0.3, -0.25) is 15.4 Å². The molecule has 0 aromatic heterocycles. The van der Waals surface area contributed by atoms with Crippen LogP contribution >= 0.6 is 11.6 Å². The molecule has 1 unspecified atom stereocenters. The Morgan fingerprint density at radius 1 is 1.52 bits per heavy atom. The van der Waals surface area contributed by atoms with Gasteiger partial charge in [-0.2, -0.15) is 0 Å². The van der Waals surface area contributed by atoms with Crippen LogP contribution in [-0.2, 0) is 9.53 Å². The summed E-state index contributed by atoms with van der Waals surface area (Å²) in [7, 11) is 1.26. The number of carbonyl (C=O) groups is 1. The zero-order valence-corrected chi connectivity index (χ0v) is 12.8. The number of hydrogen-bond donors (Lipinski definition) is 1. The van der Waals surface area contributed by atoms with E-state index in [1.807, 2.05) is 6.92 Å². The number of likely N-dealkylation sites (N-methyl/N-ethyl adjacent to an activating group) is 1. The fourth-order valence-electron chi connectivity index (χ4n) is 1.80. The Bertz CT molecular complexity index is 537. The van der Waals surface area contributed by atoms with Gasteiger partial charge in [-0.25, -0.2) is 4.79 Å². The molecule has 7 nitrogen and oxygen atoms in total. The minimum Gasteiger partial charge on any atom is -0.483 e. The lowest BCUT2D eigenvalue weighted by Gasteiger charge is -2.27. The van der Waals surface area contributed by atoms with Crippen LogP contribution < -0.4 is 10.1 Å². The number of benzene rings is 1. The summed E-state index contributed by atoms with van der Waals surface area (Å²) >= 11 is 5.93. The average Bonchev–Trinajstić information content (AvgIpc) is 2.45. The summed E-state index contributed by atoms with van der Waals surface area (Å²) in [5.74, 6) is -0.601. The van der Waals surface area contributed by atoms with Gasteiger partial charge in [-0.05, 0) is 19.5 Å². The van der Waals surface area contributed by atoms with Crippen molar-refractivity contribution in [2.75, 3.05) is 20.3 Å². The number of ether oxygens (including phenoxy) is 2. The molecule has 8 heteroatoms. The van der Waals surface area contributed by atoms with Crippen LogP contribution in [0.5, 0.6) is 5.75 Å². The van der Waals surface area contributed by atoms with Gasteiger partial charge in [-0.1, -0.05) is 24.6 Å². The molecule has 1 rings (SSSR count).